The SMILES string of the molecule is CC1CSCCN1CCCCC(C)(C)C(=N)N. The van der Waals surface area contributed by atoms with Gasteiger partial charge in [0.25, 0.3) is 0 Å². The third-order valence-corrected chi connectivity index (χ3v) is 4.92. The number of rotatable bonds is 6. The summed E-state index contributed by atoms with van der Waals surface area (Å²) in [5.74, 6) is 2.88. The zero-order valence-electron chi connectivity index (χ0n) is 11.5. The standard InChI is InChI=1S/C13H27N3S/c1-11-10-17-9-8-16(11)7-5-4-6-13(2,3)12(14)15/h11H,4-10H2,1-3H3,(H3,14,15). The van der Waals surface area contributed by atoms with Crippen molar-refractivity contribution in [3.05, 3.63) is 0 Å². The molecule has 0 radical (unpaired) electrons. The van der Waals surface area contributed by atoms with Gasteiger partial charge >= 0.3 is 0 Å². The Morgan fingerprint density at radius 1 is 1.47 bits per heavy atom. The summed E-state index contributed by atoms with van der Waals surface area (Å²) in [6.45, 7) is 8.90. The van der Waals surface area contributed by atoms with Crippen LogP contribution in [0.1, 0.15) is 40.0 Å². The molecule has 1 aliphatic heterocycles. The fourth-order valence-electron chi connectivity index (χ4n) is 2.11. The van der Waals surface area contributed by atoms with E-state index in [9.17, 15) is 0 Å². The van der Waals surface area contributed by atoms with Gasteiger partial charge in [-0.15, -0.1) is 0 Å². The summed E-state index contributed by atoms with van der Waals surface area (Å²) in [7, 11) is 0. The van der Waals surface area contributed by atoms with E-state index >= 15 is 0 Å². The summed E-state index contributed by atoms with van der Waals surface area (Å²) >= 11 is 2.07. The first-order chi connectivity index (χ1) is 7.93. The van der Waals surface area contributed by atoms with Crippen LogP contribution in [0.4, 0.5) is 0 Å². The molecule has 0 aliphatic carbocycles. The highest BCUT2D eigenvalue weighted by atomic mass is 32.2. The smallest absolute Gasteiger partial charge is 0.0963 e. The molecule has 4 heteroatoms. The van der Waals surface area contributed by atoms with Crippen LogP contribution in [-0.4, -0.2) is 41.4 Å². The number of nitrogens with two attached hydrogens (primary N) is 1. The minimum Gasteiger partial charge on any atom is -0.387 e. The molecule has 1 atom stereocenters. The Bertz CT molecular complexity index is 253. The first kappa shape index (κ1) is 14.8. The van der Waals surface area contributed by atoms with Gasteiger partial charge in [0.15, 0.2) is 0 Å². The van der Waals surface area contributed by atoms with E-state index in [1.54, 1.807) is 0 Å². The maximum absolute atomic E-state index is 7.53. The van der Waals surface area contributed by atoms with Gasteiger partial charge in [-0.25, -0.2) is 0 Å². The molecule has 0 aromatic rings. The highest BCUT2D eigenvalue weighted by molar-refractivity contribution is 7.99. The van der Waals surface area contributed by atoms with Gasteiger partial charge in [0, 0.05) is 29.5 Å². The molecular formula is C13H27N3S. The molecule has 1 heterocycles. The predicted molar refractivity (Wildman–Crippen MR) is 77.9 cm³/mol. The average Bonchev–Trinajstić information content (AvgIpc) is 2.26. The van der Waals surface area contributed by atoms with E-state index in [-0.39, 0.29) is 5.41 Å². The number of hydrogen-bond acceptors (Lipinski definition) is 3. The van der Waals surface area contributed by atoms with Gasteiger partial charge in [-0.05, 0) is 26.3 Å². The molecule has 1 saturated heterocycles. The lowest BCUT2D eigenvalue weighted by molar-refractivity contribution is 0.225. The van der Waals surface area contributed by atoms with E-state index < -0.39 is 0 Å². The number of thioether (sulfide) groups is 1. The fraction of sp³-hybridized carbons (Fsp3) is 0.923. The second-order valence-electron chi connectivity index (χ2n) is 5.71. The Hall–Kier alpha value is -0.220. The van der Waals surface area contributed by atoms with Gasteiger partial charge in [0.1, 0.15) is 0 Å². The Morgan fingerprint density at radius 2 is 2.18 bits per heavy atom. The van der Waals surface area contributed by atoms with Crippen molar-refractivity contribution in [3.8, 4) is 0 Å². The summed E-state index contributed by atoms with van der Waals surface area (Å²) in [6.07, 6.45) is 3.42. The highest BCUT2D eigenvalue weighted by Gasteiger charge is 2.22. The third-order valence-electron chi connectivity index (χ3n) is 3.73. The molecule has 0 aromatic carbocycles. The number of hydrogen-bond donors (Lipinski definition) is 2. The first-order valence-corrected chi connectivity index (χ1v) is 7.75. The van der Waals surface area contributed by atoms with Crippen LogP contribution < -0.4 is 5.73 Å². The van der Waals surface area contributed by atoms with Crippen molar-refractivity contribution in [2.45, 2.75) is 46.1 Å². The summed E-state index contributed by atoms with van der Waals surface area (Å²) in [5.41, 5.74) is 5.47. The minimum absolute atomic E-state index is 0.122. The lowest BCUT2D eigenvalue weighted by Crippen LogP contribution is -2.40. The lowest BCUT2D eigenvalue weighted by atomic mass is 9.86. The Kier molecular flexibility index (Phi) is 5.80. The molecule has 3 N–H and O–H groups in total. The third kappa shape index (κ3) is 4.88. The molecule has 100 valence electrons. The van der Waals surface area contributed by atoms with Crippen LogP contribution in [0.15, 0.2) is 0 Å². The molecule has 0 aromatic heterocycles. The molecule has 0 bridgehead atoms. The summed E-state index contributed by atoms with van der Waals surface area (Å²) in [6, 6.07) is 0.731. The maximum atomic E-state index is 7.53. The fourth-order valence-corrected chi connectivity index (χ4v) is 3.19. The molecule has 0 saturated carbocycles. The first-order valence-electron chi connectivity index (χ1n) is 6.60. The van der Waals surface area contributed by atoms with Crippen LogP contribution >= 0.6 is 11.8 Å². The topological polar surface area (TPSA) is 53.1 Å². The summed E-state index contributed by atoms with van der Waals surface area (Å²) < 4.78 is 0. The normalized spacial score (nSPS) is 22.6. The van der Waals surface area contributed by atoms with Crippen molar-refractivity contribution < 1.29 is 0 Å². The molecule has 0 amide bonds. The maximum Gasteiger partial charge on any atom is 0.0963 e. The second-order valence-corrected chi connectivity index (χ2v) is 6.86. The van der Waals surface area contributed by atoms with Crippen LogP contribution in [0.25, 0.3) is 0 Å². The quantitative estimate of drug-likeness (QED) is 0.437. The van der Waals surface area contributed by atoms with Crippen molar-refractivity contribution in [1.29, 1.82) is 5.41 Å². The lowest BCUT2D eigenvalue weighted by Gasteiger charge is -2.33. The van der Waals surface area contributed by atoms with Crippen LogP contribution in [0, 0.1) is 10.8 Å². The van der Waals surface area contributed by atoms with Crippen LogP contribution in [0.3, 0.4) is 0 Å². The minimum atomic E-state index is -0.122. The summed E-state index contributed by atoms with van der Waals surface area (Å²) in [5, 5.41) is 7.53. The van der Waals surface area contributed by atoms with E-state index in [1.807, 2.05) is 0 Å². The Balaban J connectivity index is 2.17. The van der Waals surface area contributed by atoms with Gasteiger partial charge in [-0.3, -0.25) is 10.3 Å². The molecular weight excluding hydrogens is 230 g/mol. The van der Waals surface area contributed by atoms with Crippen molar-refractivity contribution >= 4 is 17.6 Å². The van der Waals surface area contributed by atoms with Crippen LogP contribution in [0.2, 0.25) is 0 Å². The van der Waals surface area contributed by atoms with Crippen molar-refractivity contribution in [1.82, 2.24) is 4.90 Å². The average molecular weight is 257 g/mol. The van der Waals surface area contributed by atoms with Gasteiger partial charge in [-0.1, -0.05) is 20.3 Å². The zero-order valence-corrected chi connectivity index (χ0v) is 12.3. The van der Waals surface area contributed by atoms with Gasteiger partial charge < -0.3 is 5.73 Å². The van der Waals surface area contributed by atoms with Crippen molar-refractivity contribution in [2.24, 2.45) is 11.1 Å². The Morgan fingerprint density at radius 3 is 2.76 bits per heavy atom. The van der Waals surface area contributed by atoms with Gasteiger partial charge in [0.05, 0.1) is 5.84 Å². The zero-order chi connectivity index (χ0) is 12.9. The van der Waals surface area contributed by atoms with Gasteiger partial charge in [-0.2, -0.15) is 11.8 Å². The number of nitrogens with one attached hydrogen (secondary N) is 1. The van der Waals surface area contributed by atoms with E-state index in [2.05, 4.69) is 37.4 Å². The second kappa shape index (κ2) is 6.64. The molecule has 1 fully saturated rings. The molecule has 1 unspecified atom stereocenters. The molecule has 1 aliphatic rings. The number of nitrogens with zero attached hydrogens (tertiary/aromatic N) is 1. The van der Waals surface area contributed by atoms with Crippen molar-refractivity contribution in [3.63, 3.8) is 0 Å². The molecule has 3 nitrogen and oxygen atoms in total. The number of amidine groups is 1. The van der Waals surface area contributed by atoms with Crippen LogP contribution in [-0.2, 0) is 0 Å². The molecule has 1 rings (SSSR count). The van der Waals surface area contributed by atoms with E-state index in [1.165, 1.54) is 37.4 Å². The number of unbranched alkanes of at least 4 members (excludes halogenated alkanes) is 1. The van der Waals surface area contributed by atoms with E-state index in [0.29, 0.717) is 5.84 Å². The molecule has 17 heavy (non-hydrogen) atoms. The van der Waals surface area contributed by atoms with E-state index in [4.69, 9.17) is 11.1 Å². The largest absolute Gasteiger partial charge is 0.387 e. The van der Waals surface area contributed by atoms with Crippen LogP contribution in [0.5, 0.6) is 0 Å². The van der Waals surface area contributed by atoms with E-state index in [0.717, 1.165) is 12.5 Å². The van der Waals surface area contributed by atoms with Crippen molar-refractivity contribution in [2.75, 3.05) is 24.6 Å². The summed E-state index contributed by atoms with van der Waals surface area (Å²) in [4.78, 5) is 2.59. The molecule has 0 spiro atoms. The Labute approximate surface area is 110 Å². The predicted octanol–water partition coefficient (Wildman–Crippen LogP) is 2.56. The highest BCUT2D eigenvalue weighted by Crippen LogP contribution is 2.23. The monoisotopic (exact) mass is 257 g/mol. The van der Waals surface area contributed by atoms with Gasteiger partial charge in [0.2, 0.25) is 0 Å².